The quantitative estimate of drug-likeness (QED) is 0.135. The van der Waals surface area contributed by atoms with Gasteiger partial charge in [0.15, 0.2) is 12.6 Å². The molecule has 3 saturated carbocycles. The van der Waals surface area contributed by atoms with Crippen LogP contribution in [0.4, 0.5) is 0 Å². The molecule has 328 valence electrons. The summed E-state index contributed by atoms with van der Waals surface area (Å²) in [6, 6.07) is 0. The van der Waals surface area contributed by atoms with E-state index in [0.717, 1.165) is 37.7 Å². The van der Waals surface area contributed by atoms with Gasteiger partial charge >= 0.3 is 0 Å². The second kappa shape index (κ2) is 16.7. The first-order valence-electron chi connectivity index (χ1n) is 21.1. The van der Waals surface area contributed by atoms with E-state index in [-0.39, 0.29) is 52.1 Å². The lowest BCUT2D eigenvalue weighted by atomic mass is 9.38. The molecule has 2 saturated heterocycles. The minimum atomic E-state index is -1.59. The third-order valence-electron chi connectivity index (χ3n) is 16.4. The fraction of sp³-hybridized carbons (Fsp3) is 0.907. The summed E-state index contributed by atoms with van der Waals surface area (Å²) in [4.78, 5) is 0. The smallest absolute Gasteiger partial charge is 0.187 e. The van der Waals surface area contributed by atoms with E-state index < -0.39 is 92.2 Å². The highest BCUT2D eigenvalue weighted by molar-refractivity contribution is 5.33. The molecule has 4 aliphatic carbocycles. The zero-order valence-corrected chi connectivity index (χ0v) is 35.3. The molecular formula is C43H72O14. The zero-order valence-electron chi connectivity index (χ0n) is 35.3. The van der Waals surface area contributed by atoms with Crippen LogP contribution in [0.5, 0.6) is 0 Å². The summed E-state index contributed by atoms with van der Waals surface area (Å²) in [7, 11) is 1.77. The van der Waals surface area contributed by atoms with Crippen molar-refractivity contribution in [1.29, 1.82) is 0 Å². The molecule has 0 aromatic heterocycles. The Labute approximate surface area is 337 Å². The first-order valence-corrected chi connectivity index (χ1v) is 21.1. The minimum absolute atomic E-state index is 0.107. The van der Waals surface area contributed by atoms with Crippen LogP contribution < -0.4 is 0 Å². The molecule has 9 N–H and O–H groups in total. The third-order valence-corrected chi connectivity index (χ3v) is 16.4. The Morgan fingerprint density at radius 3 is 1.93 bits per heavy atom. The number of methoxy groups -OCH3 is 1. The van der Waals surface area contributed by atoms with Crippen LogP contribution >= 0.6 is 0 Å². The van der Waals surface area contributed by atoms with Crippen molar-refractivity contribution in [3.05, 3.63) is 23.3 Å². The summed E-state index contributed by atoms with van der Waals surface area (Å²) < 4.78 is 30.6. The summed E-state index contributed by atoms with van der Waals surface area (Å²) >= 11 is 0. The second-order valence-electron chi connectivity index (χ2n) is 19.9. The molecule has 14 heteroatoms. The summed E-state index contributed by atoms with van der Waals surface area (Å²) in [5, 5.41) is 94.9. The summed E-state index contributed by atoms with van der Waals surface area (Å²) in [5.41, 5.74) is 1.16. The van der Waals surface area contributed by atoms with Gasteiger partial charge in [-0.15, -0.1) is 0 Å². The van der Waals surface area contributed by atoms with Gasteiger partial charge in [0.2, 0.25) is 0 Å². The second-order valence-corrected chi connectivity index (χ2v) is 19.9. The summed E-state index contributed by atoms with van der Waals surface area (Å²) in [5.74, 6) is 0.261. The monoisotopic (exact) mass is 812 g/mol. The maximum atomic E-state index is 12.2. The first-order chi connectivity index (χ1) is 26.6. The molecular weight excluding hydrogens is 740 g/mol. The van der Waals surface area contributed by atoms with Gasteiger partial charge in [-0.2, -0.15) is 0 Å². The van der Waals surface area contributed by atoms with E-state index in [1.165, 1.54) is 5.57 Å². The number of hydrogen-bond donors (Lipinski definition) is 9. The number of fused-ring (bicyclic) bond motifs is 5. The number of ether oxygens (including phenoxy) is 5. The van der Waals surface area contributed by atoms with Crippen molar-refractivity contribution in [2.24, 2.45) is 45.3 Å². The fourth-order valence-electron chi connectivity index (χ4n) is 12.8. The highest BCUT2D eigenvalue weighted by Crippen LogP contribution is 2.75. The summed E-state index contributed by atoms with van der Waals surface area (Å²) in [6.45, 7) is 16.3. The van der Waals surface area contributed by atoms with Crippen molar-refractivity contribution in [2.45, 2.75) is 180 Å². The number of rotatable bonds is 11. The van der Waals surface area contributed by atoms with Crippen LogP contribution in [0.3, 0.4) is 0 Å². The number of aliphatic hydroxyl groups is 9. The highest BCUT2D eigenvalue weighted by Gasteiger charge is 2.70. The van der Waals surface area contributed by atoms with E-state index in [2.05, 4.69) is 47.6 Å². The lowest BCUT2D eigenvalue weighted by molar-refractivity contribution is -0.320. The normalized spacial score (nSPS) is 49.8. The maximum Gasteiger partial charge on any atom is 0.187 e. The molecule has 6 rings (SSSR count). The van der Waals surface area contributed by atoms with Crippen molar-refractivity contribution in [1.82, 2.24) is 0 Å². The number of hydrogen-bond acceptors (Lipinski definition) is 14. The van der Waals surface area contributed by atoms with Crippen molar-refractivity contribution in [2.75, 3.05) is 20.3 Å². The van der Waals surface area contributed by atoms with Gasteiger partial charge in [-0.05, 0) is 86.4 Å². The Kier molecular flexibility index (Phi) is 13.3. The van der Waals surface area contributed by atoms with Crippen LogP contribution in [0.25, 0.3) is 0 Å². The molecule has 14 nitrogen and oxygen atoms in total. The van der Waals surface area contributed by atoms with E-state index in [0.29, 0.717) is 6.42 Å². The SMILES string of the molecule is CO[C@@H]1C=C2[C@@H](CC[C@H](O[C@@H]3O[C@H](CO)[C@H](O)[C@@H](O)[C@H]3O)C2(C)C)[C@]2(C)CC[C@]3(C)[C@@H]([C@H](C)[C@H](O)[C@@H](C=C(C)C)O[C@@H]4O[C@H](CO)[C@H](O)[C@H](O)[C@H]4O)CC[C@@]3(C)[C@H]12. The van der Waals surface area contributed by atoms with Crippen LogP contribution in [0.2, 0.25) is 0 Å². The molecule has 0 spiro atoms. The lowest BCUT2D eigenvalue weighted by Crippen LogP contribution is -2.64. The fourth-order valence-corrected chi connectivity index (χ4v) is 12.8. The third kappa shape index (κ3) is 7.43. The Morgan fingerprint density at radius 2 is 1.37 bits per heavy atom. The maximum absolute atomic E-state index is 12.2. The van der Waals surface area contributed by atoms with Gasteiger partial charge in [-0.3, -0.25) is 0 Å². The average Bonchev–Trinajstić information content (AvgIpc) is 3.44. The zero-order chi connectivity index (χ0) is 42.2. The van der Waals surface area contributed by atoms with E-state index in [1.54, 1.807) is 13.2 Å². The number of allylic oxidation sites excluding steroid dienone is 1. The molecule has 0 bridgehead atoms. The minimum Gasteiger partial charge on any atom is -0.394 e. The molecule has 21 atom stereocenters. The number of aliphatic hydroxyl groups excluding tert-OH is 9. The molecule has 6 aliphatic rings. The van der Waals surface area contributed by atoms with Gasteiger partial charge < -0.3 is 69.6 Å². The predicted octanol–water partition coefficient (Wildman–Crippen LogP) is 1.55. The molecule has 0 radical (unpaired) electrons. The Balaban J connectivity index is 1.25. The molecule has 2 heterocycles. The van der Waals surface area contributed by atoms with E-state index in [4.69, 9.17) is 23.7 Å². The molecule has 0 aromatic carbocycles. The molecule has 0 amide bonds. The van der Waals surface area contributed by atoms with Gasteiger partial charge in [0.05, 0.1) is 31.5 Å². The van der Waals surface area contributed by atoms with Crippen LogP contribution in [0.15, 0.2) is 23.3 Å². The standard InChI is InChI=1S/C43H72O14/c1-20(2)16-25(54-38-35(51)33(49)31(47)27(18-44)55-38)30(46)21(3)22-12-13-43(8)37-26(53-9)17-24-23(41(37,6)14-15-42(22,43)7)10-11-29(40(24,4)5)57-39-36(52)34(50)32(48)28(19-45)56-39/h16-17,21-23,25-39,44-52H,10-15,18-19H2,1-9H3/t21-,22+,23+,25+,26+,27+,28+,29-,30-,31-,32-,33-,34+,35+,36+,37+,38+,39-,41-,42+,43-/m0/s1. The summed E-state index contributed by atoms with van der Waals surface area (Å²) in [6.07, 6.45) is -7.08. The lowest BCUT2D eigenvalue weighted by Gasteiger charge is -2.67. The van der Waals surface area contributed by atoms with Gasteiger partial charge in [-0.1, -0.05) is 64.8 Å². The molecule has 0 aromatic rings. The van der Waals surface area contributed by atoms with Crippen LogP contribution in [-0.4, -0.2) is 152 Å². The van der Waals surface area contributed by atoms with Crippen LogP contribution in [0.1, 0.15) is 93.9 Å². The predicted molar refractivity (Wildman–Crippen MR) is 207 cm³/mol. The Morgan fingerprint density at radius 1 is 0.789 bits per heavy atom. The van der Waals surface area contributed by atoms with E-state index >= 15 is 0 Å². The Hall–Kier alpha value is -1.08. The highest BCUT2D eigenvalue weighted by atomic mass is 16.7. The van der Waals surface area contributed by atoms with Gasteiger partial charge in [0.25, 0.3) is 0 Å². The van der Waals surface area contributed by atoms with Gasteiger partial charge in [0.1, 0.15) is 54.9 Å². The van der Waals surface area contributed by atoms with Crippen molar-refractivity contribution >= 4 is 0 Å². The first kappa shape index (κ1) is 45.4. The van der Waals surface area contributed by atoms with Gasteiger partial charge in [-0.25, -0.2) is 0 Å². The molecule has 2 aliphatic heterocycles. The van der Waals surface area contributed by atoms with Crippen molar-refractivity contribution < 1.29 is 69.6 Å². The topological polar surface area (TPSA) is 228 Å². The Bertz CT molecular complexity index is 1460. The largest absolute Gasteiger partial charge is 0.394 e. The van der Waals surface area contributed by atoms with Crippen molar-refractivity contribution in [3.63, 3.8) is 0 Å². The van der Waals surface area contributed by atoms with Crippen LogP contribution in [0, 0.1) is 45.3 Å². The van der Waals surface area contributed by atoms with E-state index in [1.807, 2.05) is 13.8 Å². The molecule has 57 heavy (non-hydrogen) atoms. The van der Waals surface area contributed by atoms with Gasteiger partial charge in [0, 0.05) is 18.4 Å². The average molecular weight is 813 g/mol. The van der Waals surface area contributed by atoms with E-state index in [9.17, 15) is 46.0 Å². The molecule has 5 fully saturated rings. The van der Waals surface area contributed by atoms with Crippen LogP contribution in [-0.2, 0) is 23.7 Å². The molecule has 0 unspecified atom stereocenters. The van der Waals surface area contributed by atoms with Crippen molar-refractivity contribution in [3.8, 4) is 0 Å².